The van der Waals surface area contributed by atoms with Gasteiger partial charge in [0.2, 0.25) is 0 Å². The summed E-state index contributed by atoms with van der Waals surface area (Å²) >= 11 is 12.3. The summed E-state index contributed by atoms with van der Waals surface area (Å²) in [5, 5.41) is 3.32. The minimum atomic E-state index is -0.200. The highest BCUT2D eigenvalue weighted by molar-refractivity contribution is 9.12. The molecule has 2 aromatic heterocycles. The predicted molar refractivity (Wildman–Crippen MR) is 97.2 cm³/mol. The molecule has 0 fully saturated rings. The normalized spacial score (nSPS) is 13.0. The Hall–Kier alpha value is -0.410. The summed E-state index contributed by atoms with van der Waals surface area (Å²) in [4.78, 5) is 17.0. The molecule has 0 aliphatic rings. The van der Waals surface area contributed by atoms with E-state index in [-0.39, 0.29) is 11.7 Å². The Kier molecular flexibility index (Phi) is 4.42. The Morgan fingerprint density at radius 1 is 1.10 bits per heavy atom. The zero-order valence-electron chi connectivity index (χ0n) is 10.8. The van der Waals surface area contributed by atoms with E-state index in [2.05, 4.69) is 69.1 Å². The van der Waals surface area contributed by atoms with Crippen LogP contribution in [0.25, 0.3) is 11.0 Å². The third-order valence-corrected chi connectivity index (χ3v) is 6.30. The maximum Gasteiger partial charge on any atom is 0.323 e. The molecule has 3 rings (SSSR count). The van der Waals surface area contributed by atoms with Crippen LogP contribution in [0.5, 0.6) is 0 Å². The van der Waals surface area contributed by atoms with Crippen molar-refractivity contribution < 1.29 is 0 Å². The SMILES string of the molecule is CNC(c1cc2[nH]c(=O)[nH]c2cc1Br)c1cc(Br)sc1Br. The van der Waals surface area contributed by atoms with Crippen molar-refractivity contribution in [1.29, 1.82) is 0 Å². The van der Waals surface area contributed by atoms with E-state index in [4.69, 9.17) is 0 Å². The van der Waals surface area contributed by atoms with E-state index in [0.717, 1.165) is 34.2 Å². The summed E-state index contributed by atoms with van der Waals surface area (Å²) in [6.07, 6.45) is 0. The third-order valence-electron chi connectivity index (χ3n) is 3.23. The smallest absolute Gasteiger partial charge is 0.309 e. The molecule has 0 radical (unpaired) electrons. The zero-order valence-corrected chi connectivity index (χ0v) is 16.3. The molecule has 3 N–H and O–H groups in total. The third kappa shape index (κ3) is 2.92. The lowest BCUT2D eigenvalue weighted by Crippen LogP contribution is -2.18. The molecule has 2 heterocycles. The minimum Gasteiger partial charge on any atom is -0.309 e. The highest BCUT2D eigenvalue weighted by Gasteiger charge is 2.20. The largest absolute Gasteiger partial charge is 0.323 e. The Labute approximate surface area is 149 Å². The van der Waals surface area contributed by atoms with E-state index in [9.17, 15) is 4.79 Å². The van der Waals surface area contributed by atoms with Gasteiger partial charge in [-0.3, -0.25) is 0 Å². The maximum absolute atomic E-state index is 11.4. The van der Waals surface area contributed by atoms with Gasteiger partial charge in [0.15, 0.2) is 0 Å². The van der Waals surface area contributed by atoms with E-state index in [1.807, 2.05) is 19.2 Å². The number of rotatable bonds is 3. The van der Waals surface area contributed by atoms with Gasteiger partial charge in [0, 0.05) is 4.47 Å². The van der Waals surface area contributed by atoms with Crippen LogP contribution >= 0.6 is 59.1 Å². The number of nitrogens with one attached hydrogen (secondary N) is 3. The number of hydrogen-bond acceptors (Lipinski definition) is 3. The number of aromatic amines is 2. The van der Waals surface area contributed by atoms with E-state index in [1.165, 1.54) is 0 Å². The molecule has 0 spiro atoms. The molecule has 0 amide bonds. The summed E-state index contributed by atoms with van der Waals surface area (Å²) in [7, 11) is 1.92. The summed E-state index contributed by atoms with van der Waals surface area (Å²) in [5.74, 6) is 0. The van der Waals surface area contributed by atoms with E-state index in [0.29, 0.717) is 0 Å². The molecule has 0 aliphatic heterocycles. The zero-order chi connectivity index (χ0) is 15.1. The second-order valence-electron chi connectivity index (χ2n) is 4.50. The van der Waals surface area contributed by atoms with Gasteiger partial charge in [0.25, 0.3) is 0 Å². The van der Waals surface area contributed by atoms with Crippen LogP contribution in [-0.4, -0.2) is 17.0 Å². The highest BCUT2D eigenvalue weighted by atomic mass is 79.9. The van der Waals surface area contributed by atoms with Gasteiger partial charge in [-0.2, -0.15) is 0 Å². The molecule has 110 valence electrons. The van der Waals surface area contributed by atoms with Gasteiger partial charge in [-0.1, -0.05) is 15.9 Å². The monoisotopic (exact) mass is 493 g/mol. The van der Waals surface area contributed by atoms with Crippen LogP contribution in [-0.2, 0) is 0 Å². The van der Waals surface area contributed by atoms with Gasteiger partial charge >= 0.3 is 5.69 Å². The lowest BCUT2D eigenvalue weighted by atomic mass is 10.0. The molecular weight excluding hydrogens is 486 g/mol. The number of halogens is 3. The molecule has 4 nitrogen and oxygen atoms in total. The molecule has 21 heavy (non-hydrogen) atoms. The number of benzene rings is 1. The first kappa shape index (κ1) is 15.5. The van der Waals surface area contributed by atoms with Gasteiger partial charge in [-0.15, -0.1) is 11.3 Å². The lowest BCUT2D eigenvalue weighted by molar-refractivity contribution is 0.690. The van der Waals surface area contributed by atoms with E-state index in [1.54, 1.807) is 11.3 Å². The number of imidazole rings is 1. The quantitative estimate of drug-likeness (QED) is 0.500. The Morgan fingerprint density at radius 3 is 2.33 bits per heavy atom. The van der Waals surface area contributed by atoms with Gasteiger partial charge in [0.05, 0.1) is 24.6 Å². The average Bonchev–Trinajstić information content (AvgIpc) is 2.92. The second-order valence-corrected chi connectivity index (χ2v) is 9.10. The molecule has 0 saturated heterocycles. The van der Waals surface area contributed by atoms with Crippen molar-refractivity contribution in [2.75, 3.05) is 7.05 Å². The molecule has 1 aromatic carbocycles. The van der Waals surface area contributed by atoms with Crippen LogP contribution in [0.4, 0.5) is 0 Å². The van der Waals surface area contributed by atoms with Crippen LogP contribution in [0.1, 0.15) is 17.2 Å². The first-order chi connectivity index (χ1) is 9.99. The van der Waals surface area contributed by atoms with Crippen LogP contribution in [0.2, 0.25) is 0 Å². The number of H-pyrrole nitrogens is 2. The maximum atomic E-state index is 11.4. The van der Waals surface area contributed by atoms with E-state index < -0.39 is 0 Å². The van der Waals surface area contributed by atoms with Gasteiger partial charge in [-0.25, -0.2) is 4.79 Å². The van der Waals surface area contributed by atoms with Crippen molar-refractivity contribution in [2.24, 2.45) is 0 Å². The van der Waals surface area contributed by atoms with Crippen molar-refractivity contribution in [3.8, 4) is 0 Å². The first-order valence-corrected chi connectivity index (χ1v) is 9.22. The lowest BCUT2D eigenvalue weighted by Gasteiger charge is -2.18. The Balaban J connectivity index is 2.18. The summed E-state index contributed by atoms with van der Waals surface area (Å²) in [6.45, 7) is 0. The fourth-order valence-corrected chi connectivity index (χ4v) is 5.80. The molecule has 0 aliphatic carbocycles. The van der Waals surface area contributed by atoms with Crippen molar-refractivity contribution in [1.82, 2.24) is 15.3 Å². The van der Waals surface area contributed by atoms with Crippen molar-refractivity contribution in [3.05, 3.63) is 51.9 Å². The Morgan fingerprint density at radius 2 is 1.76 bits per heavy atom. The molecule has 8 heteroatoms. The number of hydrogen-bond donors (Lipinski definition) is 3. The first-order valence-electron chi connectivity index (χ1n) is 6.03. The second kappa shape index (κ2) is 6.00. The molecule has 3 aromatic rings. The number of fused-ring (bicyclic) bond motifs is 1. The van der Waals surface area contributed by atoms with Crippen LogP contribution in [0.15, 0.2) is 35.0 Å². The number of thiophene rings is 1. The Bertz CT molecular complexity index is 867. The van der Waals surface area contributed by atoms with Gasteiger partial charge in [-0.05, 0) is 68.2 Å². The fourth-order valence-electron chi connectivity index (χ4n) is 2.32. The topological polar surface area (TPSA) is 60.7 Å². The number of aromatic nitrogens is 2. The minimum absolute atomic E-state index is 0.0131. The van der Waals surface area contributed by atoms with E-state index >= 15 is 0 Å². The fraction of sp³-hybridized carbons (Fsp3) is 0.154. The molecule has 1 atom stereocenters. The van der Waals surface area contributed by atoms with Gasteiger partial charge in [0.1, 0.15) is 0 Å². The van der Waals surface area contributed by atoms with Crippen LogP contribution < -0.4 is 11.0 Å². The molecule has 1 unspecified atom stereocenters. The molecule has 0 saturated carbocycles. The van der Waals surface area contributed by atoms with Crippen LogP contribution in [0, 0.1) is 0 Å². The summed E-state index contributed by atoms with van der Waals surface area (Å²) < 4.78 is 3.08. The van der Waals surface area contributed by atoms with Crippen LogP contribution in [0.3, 0.4) is 0 Å². The molecule has 0 bridgehead atoms. The summed E-state index contributed by atoms with van der Waals surface area (Å²) in [6, 6.07) is 6.00. The van der Waals surface area contributed by atoms with Crippen molar-refractivity contribution in [2.45, 2.75) is 6.04 Å². The molecular formula is C13H10Br3N3OS. The van der Waals surface area contributed by atoms with Crippen molar-refractivity contribution in [3.63, 3.8) is 0 Å². The standard InChI is InChI=1S/C13H10Br3N3OS/c1-17-11(6-3-10(15)21-12(6)16)5-2-8-9(4-7(5)14)19-13(20)18-8/h2-4,11,17H,1H3,(H2,18,19,20). The van der Waals surface area contributed by atoms with Crippen molar-refractivity contribution >= 4 is 70.2 Å². The summed E-state index contributed by atoms with van der Waals surface area (Å²) in [5.41, 5.74) is 3.59. The average molecular weight is 496 g/mol. The van der Waals surface area contributed by atoms with Gasteiger partial charge < -0.3 is 15.3 Å². The highest BCUT2D eigenvalue weighted by Crippen LogP contribution is 2.40. The predicted octanol–water partition coefficient (Wildman–Crippen LogP) is 4.51.